The molecule has 0 aromatic heterocycles. The molecule has 31 heavy (non-hydrogen) atoms. The molecule has 7 nitrogen and oxygen atoms in total. The number of carbonyl (C=O) groups excluding carboxylic acids is 2. The van der Waals surface area contributed by atoms with Crippen molar-refractivity contribution in [2.75, 3.05) is 16.6 Å². The molecule has 2 N–H and O–H groups in total. The van der Waals surface area contributed by atoms with Crippen molar-refractivity contribution in [2.45, 2.75) is 18.7 Å². The summed E-state index contributed by atoms with van der Waals surface area (Å²) in [7, 11) is -3.96. The molecule has 8 heteroatoms. The van der Waals surface area contributed by atoms with E-state index in [9.17, 15) is 18.0 Å². The van der Waals surface area contributed by atoms with E-state index in [4.69, 9.17) is 4.74 Å². The first-order valence-corrected chi connectivity index (χ1v) is 11.1. The zero-order valence-electron chi connectivity index (χ0n) is 17.1. The fraction of sp³-hybridized carbons (Fsp3) is 0.130. The number of aryl methyl sites for hydroxylation is 1. The van der Waals surface area contributed by atoms with E-state index in [2.05, 4.69) is 10.0 Å². The zero-order valence-corrected chi connectivity index (χ0v) is 17.9. The first-order chi connectivity index (χ1) is 14.8. The highest BCUT2D eigenvalue weighted by molar-refractivity contribution is 7.92. The summed E-state index contributed by atoms with van der Waals surface area (Å²) in [5.74, 6) is -0.897. The normalized spacial score (nSPS) is 10.9. The van der Waals surface area contributed by atoms with Crippen LogP contribution in [0.15, 0.2) is 77.7 Å². The van der Waals surface area contributed by atoms with Gasteiger partial charge in [0.1, 0.15) is 0 Å². The average Bonchev–Trinajstić information content (AvgIpc) is 2.75. The number of nitrogens with one attached hydrogen (secondary N) is 2. The van der Waals surface area contributed by atoms with Crippen LogP contribution in [0.4, 0.5) is 11.4 Å². The van der Waals surface area contributed by atoms with E-state index in [1.54, 1.807) is 50.2 Å². The maximum atomic E-state index is 12.9. The third-order valence-electron chi connectivity index (χ3n) is 4.42. The molecule has 0 spiro atoms. The smallest absolute Gasteiger partial charge is 0.338 e. The summed E-state index contributed by atoms with van der Waals surface area (Å²) in [6.45, 7) is 3.61. The van der Waals surface area contributed by atoms with Gasteiger partial charge >= 0.3 is 5.97 Å². The lowest BCUT2D eigenvalue weighted by Gasteiger charge is -2.13. The molecule has 0 saturated heterocycles. The molecule has 0 atom stereocenters. The molecular weight excluding hydrogens is 416 g/mol. The van der Waals surface area contributed by atoms with Crippen molar-refractivity contribution in [1.29, 1.82) is 0 Å². The van der Waals surface area contributed by atoms with E-state index in [1.165, 1.54) is 30.3 Å². The minimum atomic E-state index is -3.96. The number of ether oxygens (including phenoxy) is 1. The van der Waals surface area contributed by atoms with Gasteiger partial charge < -0.3 is 10.1 Å². The Balaban J connectivity index is 1.81. The summed E-state index contributed by atoms with van der Waals surface area (Å²) in [6.07, 6.45) is 0. The number of rotatable bonds is 7. The first kappa shape index (κ1) is 22.0. The predicted molar refractivity (Wildman–Crippen MR) is 119 cm³/mol. The van der Waals surface area contributed by atoms with Crippen molar-refractivity contribution in [1.82, 2.24) is 0 Å². The van der Waals surface area contributed by atoms with Crippen LogP contribution in [0.3, 0.4) is 0 Å². The van der Waals surface area contributed by atoms with Crippen molar-refractivity contribution in [3.63, 3.8) is 0 Å². The molecule has 0 bridgehead atoms. The van der Waals surface area contributed by atoms with Crippen molar-refractivity contribution >= 4 is 33.3 Å². The fourth-order valence-corrected chi connectivity index (χ4v) is 4.18. The van der Waals surface area contributed by atoms with Crippen molar-refractivity contribution in [3.8, 4) is 0 Å². The number of hydrogen-bond donors (Lipinski definition) is 2. The maximum Gasteiger partial charge on any atom is 0.338 e. The average molecular weight is 439 g/mol. The summed E-state index contributed by atoms with van der Waals surface area (Å²) < 4.78 is 33.3. The van der Waals surface area contributed by atoms with E-state index in [1.807, 2.05) is 6.07 Å². The minimum Gasteiger partial charge on any atom is -0.462 e. The van der Waals surface area contributed by atoms with Crippen LogP contribution < -0.4 is 10.0 Å². The van der Waals surface area contributed by atoms with Crippen LogP contribution in [-0.2, 0) is 14.8 Å². The summed E-state index contributed by atoms with van der Waals surface area (Å²) >= 11 is 0. The van der Waals surface area contributed by atoms with E-state index < -0.39 is 21.9 Å². The topological polar surface area (TPSA) is 102 Å². The Morgan fingerprint density at radius 3 is 2.16 bits per heavy atom. The third-order valence-corrected chi connectivity index (χ3v) is 5.94. The van der Waals surface area contributed by atoms with E-state index in [-0.39, 0.29) is 22.8 Å². The lowest BCUT2D eigenvalue weighted by Crippen LogP contribution is -2.17. The lowest BCUT2D eigenvalue weighted by molar-refractivity contribution is 0.0526. The summed E-state index contributed by atoms with van der Waals surface area (Å²) in [5.41, 5.74) is 1.92. The Kier molecular flexibility index (Phi) is 6.71. The van der Waals surface area contributed by atoms with Gasteiger partial charge in [0.2, 0.25) is 0 Å². The summed E-state index contributed by atoms with van der Waals surface area (Å²) in [4.78, 5) is 24.3. The van der Waals surface area contributed by atoms with Crippen LogP contribution in [0.5, 0.6) is 0 Å². The number of anilines is 2. The molecule has 3 aromatic carbocycles. The number of amides is 1. The monoisotopic (exact) mass is 438 g/mol. The van der Waals surface area contributed by atoms with Gasteiger partial charge in [-0.25, -0.2) is 13.2 Å². The first-order valence-electron chi connectivity index (χ1n) is 9.57. The van der Waals surface area contributed by atoms with Gasteiger partial charge in [0.05, 0.1) is 17.1 Å². The number of para-hydroxylation sites is 1. The van der Waals surface area contributed by atoms with Gasteiger partial charge in [-0.2, -0.15) is 0 Å². The van der Waals surface area contributed by atoms with Gasteiger partial charge in [0, 0.05) is 16.9 Å². The van der Waals surface area contributed by atoms with Crippen LogP contribution in [-0.4, -0.2) is 26.9 Å². The van der Waals surface area contributed by atoms with Crippen molar-refractivity contribution in [2.24, 2.45) is 0 Å². The Hall–Kier alpha value is -3.65. The fourth-order valence-electron chi connectivity index (χ4n) is 2.85. The molecule has 3 aromatic rings. The minimum absolute atomic E-state index is 0.0114. The molecule has 0 heterocycles. The second-order valence-electron chi connectivity index (χ2n) is 6.70. The van der Waals surface area contributed by atoms with Crippen LogP contribution in [0.25, 0.3) is 0 Å². The quantitative estimate of drug-likeness (QED) is 0.538. The number of benzene rings is 3. The Morgan fingerprint density at radius 2 is 1.52 bits per heavy atom. The number of hydrogen-bond acceptors (Lipinski definition) is 5. The van der Waals surface area contributed by atoms with Gasteiger partial charge in [0.15, 0.2) is 0 Å². The largest absolute Gasteiger partial charge is 0.462 e. The predicted octanol–water partition coefficient (Wildman–Crippen LogP) is 4.22. The van der Waals surface area contributed by atoms with Crippen LogP contribution in [0.1, 0.15) is 33.2 Å². The Bertz CT molecular complexity index is 1190. The highest BCUT2D eigenvalue weighted by Gasteiger charge is 2.20. The molecular formula is C23H22N2O5S. The molecule has 0 radical (unpaired) electrons. The highest BCUT2D eigenvalue weighted by atomic mass is 32.2. The number of sulfonamides is 1. The van der Waals surface area contributed by atoms with Crippen molar-refractivity contribution < 1.29 is 22.7 Å². The molecule has 0 unspecified atom stereocenters. The molecule has 0 aliphatic rings. The third kappa shape index (κ3) is 5.49. The van der Waals surface area contributed by atoms with Crippen LogP contribution in [0.2, 0.25) is 0 Å². The number of carbonyl (C=O) groups is 2. The molecule has 0 fully saturated rings. The highest BCUT2D eigenvalue weighted by Crippen LogP contribution is 2.22. The van der Waals surface area contributed by atoms with Gasteiger partial charge in [-0.1, -0.05) is 24.3 Å². The van der Waals surface area contributed by atoms with Crippen LogP contribution >= 0.6 is 0 Å². The van der Waals surface area contributed by atoms with Crippen LogP contribution in [0, 0.1) is 6.92 Å². The van der Waals surface area contributed by atoms with E-state index in [0.717, 1.165) is 0 Å². The summed E-state index contributed by atoms with van der Waals surface area (Å²) in [5, 5.41) is 2.74. The SMILES string of the molecule is CCOC(=O)c1ccc(NS(=O)(=O)c2cc(C(=O)Nc3ccccc3)ccc2C)cc1. The second kappa shape index (κ2) is 9.44. The number of esters is 1. The molecule has 3 rings (SSSR count). The van der Waals surface area contributed by atoms with Gasteiger partial charge in [0.25, 0.3) is 15.9 Å². The Labute approximate surface area is 181 Å². The molecule has 1 amide bonds. The molecule has 0 aliphatic heterocycles. The zero-order chi connectivity index (χ0) is 22.4. The van der Waals surface area contributed by atoms with E-state index >= 15 is 0 Å². The lowest BCUT2D eigenvalue weighted by atomic mass is 10.1. The maximum absolute atomic E-state index is 12.9. The van der Waals surface area contributed by atoms with Crippen molar-refractivity contribution in [3.05, 3.63) is 89.5 Å². The van der Waals surface area contributed by atoms with Gasteiger partial charge in [-0.3, -0.25) is 9.52 Å². The standard InChI is InChI=1S/C23H22N2O5S/c1-3-30-23(27)17-11-13-20(14-12-17)25-31(28,29)21-15-18(10-9-16(21)2)22(26)24-19-7-5-4-6-8-19/h4-15,25H,3H2,1-2H3,(H,24,26). The Morgan fingerprint density at radius 1 is 0.871 bits per heavy atom. The van der Waals surface area contributed by atoms with Gasteiger partial charge in [-0.05, 0) is 67.9 Å². The summed E-state index contributed by atoms with van der Waals surface area (Å²) in [6, 6.07) is 19.3. The molecule has 0 aliphatic carbocycles. The molecule has 0 saturated carbocycles. The van der Waals surface area contributed by atoms with Gasteiger partial charge in [-0.15, -0.1) is 0 Å². The van der Waals surface area contributed by atoms with E-state index in [0.29, 0.717) is 16.8 Å². The molecule has 160 valence electrons. The second-order valence-corrected chi connectivity index (χ2v) is 8.35.